The van der Waals surface area contributed by atoms with E-state index in [2.05, 4.69) is 16.4 Å². The molecule has 1 N–H and O–H groups in total. The van der Waals surface area contributed by atoms with Crippen molar-refractivity contribution in [2.45, 2.75) is 18.9 Å². The van der Waals surface area contributed by atoms with Crippen LogP contribution in [0.5, 0.6) is 0 Å². The van der Waals surface area contributed by atoms with Gasteiger partial charge >= 0.3 is 0 Å². The SMILES string of the molecule is Clc1cncc(C2=CC[C@H]3CCN[C@@H]23)c1. The summed E-state index contributed by atoms with van der Waals surface area (Å²) < 4.78 is 0. The van der Waals surface area contributed by atoms with Gasteiger partial charge in [0.25, 0.3) is 0 Å². The summed E-state index contributed by atoms with van der Waals surface area (Å²) in [5.74, 6) is 0.791. The molecule has 0 unspecified atom stereocenters. The minimum atomic E-state index is 0.533. The van der Waals surface area contributed by atoms with Gasteiger partial charge in [0.2, 0.25) is 0 Å². The van der Waals surface area contributed by atoms with E-state index < -0.39 is 0 Å². The lowest BCUT2D eigenvalue weighted by Gasteiger charge is -2.14. The Morgan fingerprint density at radius 2 is 2.33 bits per heavy atom. The van der Waals surface area contributed by atoms with E-state index in [4.69, 9.17) is 11.6 Å². The minimum absolute atomic E-state index is 0.533. The van der Waals surface area contributed by atoms with E-state index in [0.717, 1.165) is 17.5 Å². The molecule has 2 nitrogen and oxygen atoms in total. The van der Waals surface area contributed by atoms with Crippen molar-refractivity contribution in [2.24, 2.45) is 5.92 Å². The fourth-order valence-corrected chi connectivity index (χ4v) is 2.82. The summed E-state index contributed by atoms with van der Waals surface area (Å²) in [4.78, 5) is 4.14. The lowest BCUT2D eigenvalue weighted by Crippen LogP contribution is -2.24. The Bertz CT molecular complexity index is 414. The van der Waals surface area contributed by atoms with Crippen LogP contribution < -0.4 is 5.32 Å². The molecule has 2 aliphatic rings. The van der Waals surface area contributed by atoms with Crippen molar-refractivity contribution in [3.63, 3.8) is 0 Å². The number of rotatable bonds is 1. The van der Waals surface area contributed by atoms with E-state index in [1.165, 1.54) is 24.0 Å². The highest BCUT2D eigenvalue weighted by atomic mass is 35.5. The highest BCUT2D eigenvalue weighted by Crippen LogP contribution is 2.37. The molecule has 0 amide bonds. The molecule has 3 rings (SSSR count). The largest absolute Gasteiger partial charge is 0.310 e. The van der Waals surface area contributed by atoms with Crippen molar-refractivity contribution < 1.29 is 0 Å². The number of hydrogen-bond acceptors (Lipinski definition) is 2. The van der Waals surface area contributed by atoms with Gasteiger partial charge in [0, 0.05) is 18.4 Å². The van der Waals surface area contributed by atoms with Crippen molar-refractivity contribution >= 4 is 17.2 Å². The molecular formula is C12H13ClN2. The van der Waals surface area contributed by atoms with E-state index in [0.29, 0.717) is 6.04 Å². The van der Waals surface area contributed by atoms with Gasteiger partial charge < -0.3 is 5.32 Å². The molecule has 1 aromatic rings. The highest BCUT2D eigenvalue weighted by Gasteiger charge is 2.33. The molecule has 0 aromatic carbocycles. The third kappa shape index (κ3) is 1.58. The summed E-state index contributed by atoms with van der Waals surface area (Å²) in [7, 11) is 0. The van der Waals surface area contributed by atoms with Crippen molar-refractivity contribution in [2.75, 3.05) is 6.54 Å². The minimum Gasteiger partial charge on any atom is -0.310 e. The molecule has 0 radical (unpaired) electrons. The van der Waals surface area contributed by atoms with Gasteiger partial charge in [0.1, 0.15) is 0 Å². The number of nitrogens with zero attached hydrogens (tertiary/aromatic N) is 1. The summed E-state index contributed by atoms with van der Waals surface area (Å²) >= 11 is 5.96. The summed E-state index contributed by atoms with van der Waals surface area (Å²) in [5, 5.41) is 4.26. The molecule has 2 atom stereocenters. The number of fused-ring (bicyclic) bond motifs is 1. The van der Waals surface area contributed by atoms with Crippen LogP contribution in [-0.4, -0.2) is 17.6 Å². The average molecular weight is 221 g/mol. The molecule has 0 spiro atoms. The molecule has 1 aromatic heterocycles. The van der Waals surface area contributed by atoms with E-state index >= 15 is 0 Å². The maximum absolute atomic E-state index is 5.96. The van der Waals surface area contributed by atoms with Crippen LogP contribution in [-0.2, 0) is 0 Å². The molecule has 1 aliphatic carbocycles. The van der Waals surface area contributed by atoms with Crippen LogP contribution in [0.3, 0.4) is 0 Å². The third-order valence-corrected chi connectivity index (χ3v) is 3.57. The van der Waals surface area contributed by atoms with Crippen LogP contribution in [0.4, 0.5) is 0 Å². The van der Waals surface area contributed by atoms with Crippen LogP contribution in [0.15, 0.2) is 24.5 Å². The predicted molar refractivity (Wildman–Crippen MR) is 61.7 cm³/mol. The van der Waals surface area contributed by atoms with Crippen molar-refractivity contribution in [3.05, 3.63) is 35.1 Å². The molecule has 15 heavy (non-hydrogen) atoms. The van der Waals surface area contributed by atoms with Crippen LogP contribution in [0, 0.1) is 5.92 Å². The standard InChI is InChI=1S/C12H13ClN2/c13-10-5-9(6-14-7-10)11-2-1-8-3-4-15-12(8)11/h2,5-8,12,15H,1,3-4H2/t8-,12+/m0/s1. The van der Waals surface area contributed by atoms with Gasteiger partial charge in [-0.2, -0.15) is 0 Å². The van der Waals surface area contributed by atoms with Gasteiger partial charge in [-0.15, -0.1) is 0 Å². The van der Waals surface area contributed by atoms with Gasteiger partial charge in [-0.25, -0.2) is 0 Å². The average Bonchev–Trinajstić information content (AvgIpc) is 2.77. The maximum Gasteiger partial charge on any atom is 0.0595 e. The normalized spacial score (nSPS) is 29.0. The van der Waals surface area contributed by atoms with Gasteiger partial charge in [0.05, 0.1) is 5.02 Å². The Morgan fingerprint density at radius 3 is 3.20 bits per heavy atom. The molecule has 1 saturated heterocycles. The Hall–Kier alpha value is -0.860. The first-order chi connectivity index (χ1) is 7.34. The number of nitrogens with one attached hydrogen (secondary N) is 1. The van der Waals surface area contributed by atoms with E-state index in [9.17, 15) is 0 Å². The van der Waals surface area contributed by atoms with Gasteiger partial charge in [0.15, 0.2) is 0 Å². The quantitative estimate of drug-likeness (QED) is 0.787. The first-order valence-electron chi connectivity index (χ1n) is 5.39. The van der Waals surface area contributed by atoms with Crippen molar-refractivity contribution in [1.29, 1.82) is 0 Å². The van der Waals surface area contributed by atoms with Crippen molar-refractivity contribution in [1.82, 2.24) is 10.3 Å². The first kappa shape index (κ1) is 9.37. The fourth-order valence-electron chi connectivity index (χ4n) is 2.65. The Labute approximate surface area is 94.4 Å². The second kappa shape index (κ2) is 3.62. The third-order valence-electron chi connectivity index (χ3n) is 3.36. The van der Waals surface area contributed by atoms with E-state index in [1.807, 2.05) is 12.3 Å². The Balaban J connectivity index is 1.94. The molecular weight excluding hydrogens is 208 g/mol. The molecule has 1 fully saturated rings. The molecule has 0 saturated carbocycles. The maximum atomic E-state index is 5.96. The summed E-state index contributed by atoms with van der Waals surface area (Å²) in [5.41, 5.74) is 2.55. The smallest absolute Gasteiger partial charge is 0.0595 e. The molecule has 2 heterocycles. The Morgan fingerprint density at radius 1 is 1.40 bits per heavy atom. The van der Waals surface area contributed by atoms with Crippen LogP contribution in [0.1, 0.15) is 18.4 Å². The van der Waals surface area contributed by atoms with Crippen molar-refractivity contribution in [3.8, 4) is 0 Å². The second-order valence-corrected chi connectivity index (χ2v) is 4.70. The molecule has 78 valence electrons. The summed E-state index contributed by atoms with van der Waals surface area (Å²) in [6.07, 6.45) is 8.40. The number of hydrogen-bond donors (Lipinski definition) is 1. The number of allylic oxidation sites excluding steroid dienone is 1. The number of pyridine rings is 1. The van der Waals surface area contributed by atoms with Crippen LogP contribution >= 0.6 is 11.6 Å². The monoisotopic (exact) mass is 220 g/mol. The molecule has 1 aliphatic heterocycles. The van der Waals surface area contributed by atoms with Gasteiger partial charge in [-0.1, -0.05) is 17.7 Å². The zero-order valence-corrected chi connectivity index (χ0v) is 9.17. The Kier molecular flexibility index (Phi) is 2.26. The fraction of sp³-hybridized carbons (Fsp3) is 0.417. The number of aromatic nitrogens is 1. The van der Waals surface area contributed by atoms with Gasteiger partial charge in [-0.05, 0) is 42.5 Å². The summed E-state index contributed by atoms with van der Waals surface area (Å²) in [6, 6.07) is 2.54. The lowest BCUT2D eigenvalue weighted by atomic mass is 9.97. The zero-order chi connectivity index (χ0) is 10.3. The topological polar surface area (TPSA) is 24.9 Å². The number of halogens is 1. The zero-order valence-electron chi connectivity index (χ0n) is 8.41. The highest BCUT2D eigenvalue weighted by molar-refractivity contribution is 6.30. The lowest BCUT2D eigenvalue weighted by molar-refractivity contribution is 0.557. The molecule has 3 heteroatoms. The van der Waals surface area contributed by atoms with Crippen LogP contribution in [0.2, 0.25) is 5.02 Å². The molecule has 0 bridgehead atoms. The first-order valence-corrected chi connectivity index (χ1v) is 5.77. The van der Waals surface area contributed by atoms with E-state index in [-0.39, 0.29) is 0 Å². The van der Waals surface area contributed by atoms with Crippen LogP contribution in [0.25, 0.3) is 5.57 Å². The second-order valence-electron chi connectivity index (χ2n) is 4.27. The predicted octanol–water partition coefficient (Wildman–Crippen LogP) is 2.50. The van der Waals surface area contributed by atoms with Gasteiger partial charge in [-0.3, -0.25) is 4.98 Å². The summed E-state index contributed by atoms with van der Waals surface area (Å²) in [6.45, 7) is 1.14. The van der Waals surface area contributed by atoms with E-state index in [1.54, 1.807) is 6.20 Å².